The Balaban J connectivity index is 3.01. The average molecular weight is 212 g/mol. The lowest BCUT2D eigenvalue weighted by Crippen LogP contribution is -1.91. The Morgan fingerprint density at radius 3 is 2.94 bits per heavy atom. The van der Waals surface area contributed by atoms with Crippen molar-refractivity contribution in [1.29, 1.82) is 0 Å². The number of hydrogen-bond donors (Lipinski definition) is 0. The van der Waals surface area contributed by atoms with Gasteiger partial charge in [-0.25, -0.2) is 4.99 Å². The van der Waals surface area contributed by atoms with Crippen molar-refractivity contribution in [3.05, 3.63) is 60.3 Å². The monoisotopic (exact) mass is 212 g/mol. The third kappa shape index (κ3) is 4.05. The van der Waals surface area contributed by atoms with E-state index in [1.165, 1.54) is 5.57 Å². The maximum absolute atomic E-state index is 4.21. The number of hydrogen-bond acceptors (Lipinski definition) is 2. The van der Waals surface area contributed by atoms with Crippen LogP contribution in [-0.2, 0) is 0 Å². The van der Waals surface area contributed by atoms with Crippen LogP contribution in [0, 0.1) is 0 Å². The van der Waals surface area contributed by atoms with Gasteiger partial charge in [0.1, 0.15) is 6.34 Å². The molecule has 0 fully saturated rings. The summed E-state index contributed by atoms with van der Waals surface area (Å²) >= 11 is 0. The number of rotatable bonds is 2. The molecule has 0 unspecified atom stereocenters. The van der Waals surface area contributed by atoms with Gasteiger partial charge in [0.05, 0.1) is 6.54 Å². The van der Waals surface area contributed by atoms with E-state index in [0.29, 0.717) is 6.54 Å². The summed E-state index contributed by atoms with van der Waals surface area (Å²) in [4.78, 5) is 8.23. The lowest BCUT2D eigenvalue weighted by atomic mass is 10.1. The molecular weight excluding hydrogens is 196 g/mol. The van der Waals surface area contributed by atoms with Crippen LogP contribution in [-0.4, -0.2) is 19.1 Å². The standard InChI is InChI=1S/C14H16N2/c1-4-5-6-14-10-16-11-15-9-12(2)7-8-13(14)3/h4-9,11H,1-2,10H2,3H3/b6-5-,8-7-,14-13-,15-9-,16-11-. The lowest BCUT2D eigenvalue weighted by molar-refractivity contribution is 1.15. The fraction of sp³-hybridized carbons (Fsp3) is 0.143. The van der Waals surface area contributed by atoms with Crippen LogP contribution in [0.2, 0.25) is 0 Å². The van der Waals surface area contributed by atoms with E-state index in [-0.39, 0.29) is 0 Å². The zero-order chi connectivity index (χ0) is 11.8. The molecule has 0 saturated heterocycles. The first kappa shape index (κ1) is 12.1. The fourth-order valence-corrected chi connectivity index (χ4v) is 1.19. The van der Waals surface area contributed by atoms with Gasteiger partial charge in [-0.2, -0.15) is 0 Å². The van der Waals surface area contributed by atoms with Crippen molar-refractivity contribution in [2.24, 2.45) is 9.98 Å². The lowest BCUT2D eigenvalue weighted by Gasteiger charge is -2.02. The molecule has 2 heteroatoms. The summed E-state index contributed by atoms with van der Waals surface area (Å²) in [5.41, 5.74) is 3.18. The number of allylic oxidation sites excluding steroid dienone is 6. The summed E-state index contributed by atoms with van der Waals surface area (Å²) in [5.74, 6) is 0. The van der Waals surface area contributed by atoms with Crippen LogP contribution in [0.1, 0.15) is 6.92 Å². The van der Waals surface area contributed by atoms with Gasteiger partial charge in [-0.1, -0.05) is 43.5 Å². The van der Waals surface area contributed by atoms with Gasteiger partial charge in [0.25, 0.3) is 0 Å². The highest BCUT2D eigenvalue weighted by Crippen LogP contribution is 2.10. The molecule has 0 spiro atoms. The molecule has 0 N–H and O–H groups in total. The Morgan fingerprint density at radius 1 is 1.38 bits per heavy atom. The molecule has 82 valence electrons. The molecule has 2 nitrogen and oxygen atoms in total. The fourth-order valence-electron chi connectivity index (χ4n) is 1.19. The molecule has 0 atom stereocenters. The van der Waals surface area contributed by atoms with Gasteiger partial charge >= 0.3 is 0 Å². The second-order valence-corrected chi connectivity index (χ2v) is 3.45. The highest BCUT2D eigenvalue weighted by Gasteiger charge is 1.96. The summed E-state index contributed by atoms with van der Waals surface area (Å²) in [7, 11) is 0. The Bertz CT molecular complexity index is 418. The molecule has 0 aliphatic carbocycles. The van der Waals surface area contributed by atoms with Gasteiger partial charge in [0.2, 0.25) is 0 Å². The Morgan fingerprint density at radius 2 is 2.19 bits per heavy atom. The largest absolute Gasteiger partial charge is 0.269 e. The Hall–Kier alpha value is -1.96. The highest BCUT2D eigenvalue weighted by molar-refractivity contribution is 5.87. The minimum atomic E-state index is 0.629. The zero-order valence-corrected chi connectivity index (χ0v) is 9.56. The van der Waals surface area contributed by atoms with Gasteiger partial charge in [0.15, 0.2) is 0 Å². The van der Waals surface area contributed by atoms with Gasteiger partial charge < -0.3 is 0 Å². The van der Waals surface area contributed by atoms with Crippen molar-refractivity contribution in [2.75, 3.05) is 6.54 Å². The molecule has 0 aromatic heterocycles. The topological polar surface area (TPSA) is 24.7 Å². The minimum absolute atomic E-state index is 0.629. The number of nitrogens with zero attached hydrogens (tertiary/aromatic N) is 2. The van der Waals surface area contributed by atoms with Crippen LogP contribution in [0.25, 0.3) is 0 Å². The van der Waals surface area contributed by atoms with Crippen molar-refractivity contribution >= 4 is 12.6 Å². The summed E-state index contributed by atoms with van der Waals surface area (Å²) in [6.07, 6.45) is 12.9. The smallest absolute Gasteiger partial charge is 0.110 e. The normalized spacial score (nSPS) is 27.7. The summed E-state index contributed by atoms with van der Waals surface area (Å²) in [5, 5.41) is 0. The van der Waals surface area contributed by atoms with Crippen molar-refractivity contribution in [3.63, 3.8) is 0 Å². The van der Waals surface area contributed by atoms with E-state index >= 15 is 0 Å². The van der Waals surface area contributed by atoms with E-state index in [1.54, 1.807) is 18.6 Å². The molecule has 0 saturated carbocycles. The molecule has 0 amide bonds. The predicted octanol–water partition coefficient (Wildman–Crippen LogP) is 3.27. The Kier molecular flexibility index (Phi) is 4.93. The summed E-state index contributed by atoms with van der Waals surface area (Å²) < 4.78 is 0. The van der Waals surface area contributed by atoms with Crippen LogP contribution in [0.4, 0.5) is 0 Å². The SMILES string of the molecule is C=C\C=C/C1=C(C)/C=C\C(=C)/C=N\C=N/C1. The van der Waals surface area contributed by atoms with Gasteiger partial charge in [0, 0.05) is 6.21 Å². The van der Waals surface area contributed by atoms with Crippen molar-refractivity contribution in [1.82, 2.24) is 0 Å². The van der Waals surface area contributed by atoms with Gasteiger partial charge in [-0.3, -0.25) is 4.99 Å². The van der Waals surface area contributed by atoms with E-state index in [4.69, 9.17) is 0 Å². The molecule has 0 radical (unpaired) electrons. The maximum Gasteiger partial charge on any atom is 0.110 e. The van der Waals surface area contributed by atoms with Crippen molar-refractivity contribution in [3.8, 4) is 0 Å². The third-order valence-corrected chi connectivity index (χ3v) is 2.14. The van der Waals surface area contributed by atoms with E-state index in [9.17, 15) is 0 Å². The van der Waals surface area contributed by atoms with E-state index in [0.717, 1.165) is 11.1 Å². The first-order chi connectivity index (χ1) is 7.74. The van der Waals surface area contributed by atoms with Crippen LogP contribution in [0.15, 0.2) is 70.2 Å². The molecule has 0 aromatic rings. The van der Waals surface area contributed by atoms with Crippen LogP contribution in [0.3, 0.4) is 0 Å². The van der Waals surface area contributed by atoms with Crippen LogP contribution >= 0.6 is 0 Å². The predicted molar refractivity (Wildman–Crippen MR) is 72.2 cm³/mol. The minimum Gasteiger partial charge on any atom is -0.269 e. The number of aliphatic imine (C=N–C) groups is 2. The van der Waals surface area contributed by atoms with E-state index in [1.807, 2.05) is 24.3 Å². The average Bonchev–Trinajstić information content (AvgIpc) is 2.29. The molecule has 1 aliphatic heterocycles. The second-order valence-electron chi connectivity index (χ2n) is 3.45. The second kappa shape index (κ2) is 6.51. The van der Waals surface area contributed by atoms with E-state index in [2.05, 4.69) is 30.1 Å². The molecule has 1 aliphatic rings. The van der Waals surface area contributed by atoms with E-state index < -0.39 is 0 Å². The maximum atomic E-state index is 4.21. The summed E-state index contributed by atoms with van der Waals surface area (Å²) in [6.45, 7) is 10.2. The zero-order valence-electron chi connectivity index (χ0n) is 9.56. The van der Waals surface area contributed by atoms with Crippen molar-refractivity contribution < 1.29 is 0 Å². The van der Waals surface area contributed by atoms with Crippen molar-refractivity contribution in [2.45, 2.75) is 6.92 Å². The first-order valence-electron chi connectivity index (χ1n) is 5.11. The first-order valence-corrected chi connectivity index (χ1v) is 5.11. The summed E-state index contributed by atoms with van der Waals surface area (Å²) in [6, 6.07) is 0. The highest BCUT2D eigenvalue weighted by atomic mass is 14.8. The molecule has 1 rings (SSSR count). The molecule has 16 heavy (non-hydrogen) atoms. The Labute approximate surface area is 96.8 Å². The van der Waals surface area contributed by atoms with Crippen LogP contribution < -0.4 is 0 Å². The molecule has 0 bridgehead atoms. The van der Waals surface area contributed by atoms with Gasteiger partial charge in [-0.15, -0.1) is 0 Å². The quantitative estimate of drug-likeness (QED) is 0.628. The van der Waals surface area contributed by atoms with Crippen LogP contribution in [0.5, 0.6) is 0 Å². The molecule has 1 heterocycles. The molecular formula is C14H16N2. The third-order valence-electron chi connectivity index (χ3n) is 2.14. The van der Waals surface area contributed by atoms with Gasteiger partial charge in [-0.05, 0) is 23.6 Å². The molecule has 0 aromatic carbocycles.